The molecule has 1 nitrogen and oxygen atoms in total. The van der Waals surface area contributed by atoms with Gasteiger partial charge in [0.25, 0.3) is 0 Å². The van der Waals surface area contributed by atoms with Crippen molar-refractivity contribution in [1.29, 1.82) is 0 Å². The maximum absolute atomic E-state index is 13.0. The molecule has 1 aromatic heterocycles. The highest BCUT2D eigenvalue weighted by atomic mass is 79.9. The van der Waals surface area contributed by atoms with E-state index in [0.29, 0.717) is 5.56 Å². The third-order valence-electron chi connectivity index (χ3n) is 3.61. The van der Waals surface area contributed by atoms with Gasteiger partial charge in [-0.3, -0.25) is 4.79 Å². The van der Waals surface area contributed by atoms with E-state index < -0.39 is 0 Å². The Morgan fingerprint density at radius 2 is 1.64 bits per heavy atom. The smallest absolute Gasteiger partial charge is 0.199 e. The lowest BCUT2D eigenvalue weighted by molar-refractivity contribution is 0.104. The van der Waals surface area contributed by atoms with Crippen LogP contribution in [0.15, 0.2) is 74.9 Å². The van der Waals surface area contributed by atoms with Crippen LogP contribution in [0.25, 0.3) is 6.08 Å². The second-order valence-electron chi connectivity index (χ2n) is 5.71. The van der Waals surface area contributed by atoms with E-state index in [1.807, 2.05) is 30.3 Å². The first-order valence-electron chi connectivity index (χ1n) is 7.84. The van der Waals surface area contributed by atoms with E-state index in [9.17, 15) is 4.79 Å². The van der Waals surface area contributed by atoms with Gasteiger partial charge in [-0.05, 0) is 68.5 Å². The van der Waals surface area contributed by atoms with Gasteiger partial charge in [0, 0.05) is 24.7 Å². The molecule has 2 aromatic carbocycles. The minimum Gasteiger partial charge on any atom is -0.288 e. The van der Waals surface area contributed by atoms with Crippen molar-refractivity contribution < 1.29 is 4.79 Å². The van der Waals surface area contributed by atoms with Gasteiger partial charge in [0.1, 0.15) is 0 Å². The predicted octanol–water partition coefficient (Wildman–Crippen LogP) is 7.14. The zero-order valence-electron chi connectivity index (χ0n) is 14.0. The summed E-state index contributed by atoms with van der Waals surface area (Å²) in [7, 11) is 0. The van der Waals surface area contributed by atoms with Crippen LogP contribution >= 0.6 is 39.0 Å². The third-order valence-corrected chi connectivity index (χ3v) is 6.12. The van der Waals surface area contributed by atoms with E-state index in [4.69, 9.17) is 0 Å². The number of halogens is 1. The topological polar surface area (TPSA) is 17.1 Å². The SMILES string of the molecule is Cc1ccc(S/C(=C/c2ccc(C)s2)C(=O)c2ccc(Br)cc2)cc1. The molecule has 3 rings (SSSR count). The van der Waals surface area contributed by atoms with Crippen LogP contribution in [0.2, 0.25) is 0 Å². The number of hydrogen-bond acceptors (Lipinski definition) is 3. The van der Waals surface area contributed by atoms with Crippen molar-refractivity contribution in [2.24, 2.45) is 0 Å². The van der Waals surface area contributed by atoms with Gasteiger partial charge >= 0.3 is 0 Å². The number of allylic oxidation sites excluding steroid dienone is 1. The molecule has 0 bridgehead atoms. The van der Waals surface area contributed by atoms with E-state index in [2.05, 4.69) is 66.2 Å². The highest BCUT2D eigenvalue weighted by molar-refractivity contribution is 9.10. The predicted molar refractivity (Wildman–Crippen MR) is 113 cm³/mol. The van der Waals surface area contributed by atoms with E-state index in [1.165, 1.54) is 22.2 Å². The average molecular weight is 429 g/mol. The second-order valence-corrected chi connectivity index (χ2v) is 9.06. The summed E-state index contributed by atoms with van der Waals surface area (Å²) in [5, 5.41) is 0. The first-order valence-corrected chi connectivity index (χ1v) is 10.3. The summed E-state index contributed by atoms with van der Waals surface area (Å²) in [6, 6.07) is 19.9. The molecule has 1 heterocycles. The number of thiophene rings is 1. The Labute approximate surface area is 164 Å². The van der Waals surface area contributed by atoms with Crippen LogP contribution in [-0.2, 0) is 0 Å². The van der Waals surface area contributed by atoms with E-state index in [1.54, 1.807) is 11.3 Å². The number of rotatable bonds is 5. The molecule has 25 heavy (non-hydrogen) atoms. The Morgan fingerprint density at radius 3 is 2.24 bits per heavy atom. The Hall–Kier alpha value is -1.62. The molecule has 4 heteroatoms. The van der Waals surface area contributed by atoms with Gasteiger partial charge < -0.3 is 0 Å². The summed E-state index contributed by atoms with van der Waals surface area (Å²) in [5.41, 5.74) is 1.91. The third kappa shape index (κ3) is 4.94. The van der Waals surface area contributed by atoms with Crippen molar-refractivity contribution in [3.05, 3.63) is 90.9 Å². The number of carbonyl (C=O) groups excluding carboxylic acids is 1. The van der Waals surface area contributed by atoms with Gasteiger partial charge in [0.2, 0.25) is 0 Å². The summed E-state index contributed by atoms with van der Waals surface area (Å²) in [4.78, 5) is 17.2. The number of hydrogen-bond donors (Lipinski definition) is 0. The van der Waals surface area contributed by atoms with Crippen LogP contribution in [0.4, 0.5) is 0 Å². The van der Waals surface area contributed by atoms with Crippen LogP contribution in [0, 0.1) is 13.8 Å². The van der Waals surface area contributed by atoms with Crippen molar-refractivity contribution in [3.63, 3.8) is 0 Å². The molecule has 0 unspecified atom stereocenters. The summed E-state index contributed by atoms with van der Waals surface area (Å²) < 4.78 is 0.967. The van der Waals surface area contributed by atoms with Crippen molar-refractivity contribution >= 4 is 50.9 Å². The molecule has 0 saturated heterocycles. The molecule has 0 amide bonds. The Balaban J connectivity index is 1.95. The summed E-state index contributed by atoms with van der Waals surface area (Å²) in [6.07, 6.45) is 1.99. The number of ketones is 1. The zero-order chi connectivity index (χ0) is 17.8. The van der Waals surface area contributed by atoms with Gasteiger partial charge in [-0.2, -0.15) is 0 Å². The highest BCUT2D eigenvalue weighted by Gasteiger charge is 2.15. The van der Waals surface area contributed by atoms with Crippen molar-refractivity contribution in [1.82, 2.24) is 0 Å². The number of benzene rings is 2. The largest absolute Gasteiger partial charge is 0.288 e. The fourth-order valence-electron chi connectivity index (χ4n) is 2.28. The lowest BCUT2D eigenvalue weighted by Gasteiger charge is -2.07. The number of Topliss-reactive ketones (excluding diaryl/α,β-unsaturated/α-hetero) is 1. The van der Waals surface area contributed by atoms with Gasteiger partial charge in [0.05, 0.1) is 4.91 Å². The summed E-state index contributed by atoms with van der Waals surface area (Å²) in [6.45, 7) is 4.14. The molecule has 0 fully saturated rings. The number of aryl methyl sites for hydroxylation is 2. The second kappa shape index (κ2) is 8.17. The molecule has 0 saturated carbocycles. The minimum atomic E-state index is 0.0455. The molecule has 3 aromatic rings. The molecule has 0 aliphatic rings. The Morgan fingerprint density at radius 1 is 0.960 bits per heavy atom. The zero-order valence-corrected chi connectivity index (χ0v) is 17.2. The van der Waals surface area contributed by atoms with Gasteiger partial charge in [-0.25, -0.2) is 0 Å². The van der Waals surface area contributed by atoms with Crippen LogP contribution in [0.3, 0.4) is 0 Å². The molecule has 0 radical (unpaired) electrons. The molecule has 0 N–H and O–H groups in total. The fraction of sp³-hybridized carbons (Fsp3) is 0.0952. The number of carbonyl (C=O) groups is 1. The van der Waals surface area contributed by atoms with Crippen LogP contribution in [0.5, 0.6) is 0 Å². The van der Waals surface area contributed by atoms with Gasteiger partial charge in [-0.1, -0.05) is 45.4 Å². The van der Waals surface area contributed by atoms with E-state index >= 15 is 0 Å². The molecular weight excluding hydrogens is 412 g/mol. The van der Waals surface area contributed by atoms with Crippen molar-refractivity contribution in [3.8, 4) is 0 Å². The van der Waals surface area contributed by atoms with Crippen LogP contribution < -0.4 is 0 Å². The fourth-order valence-corrected chi connectivity index (χ4v) is 4.36. The molecule has 0 aliphatic heterocycles. The van der Waals surface area contributed by atoms with E-state index in [-0.39, 0.29) is 5.78 Å². The lowest BCUT2D eigenvalue weighted by atomic mass is 10.1. The average Bonchev–Trinajstić information content (AvgIpc) is 3.01. The summed E-state index contributed by atoms with van der Waals surface area (Å²) >= 11 is 6.63. The maximum Gasteiger partial charge on any atom is 0.199 e. The van der Waals surface area contributed by atoms with E-state index in [0.717, 1.165) is 19.2 Å². The lowest BCUT2D eigenvalue weighted by Crippen LogP contribution is -2.00. The molecule has 0 atom stereocenters. The van der Waals surface area contributed by atoms with Crippen molar-refractivity contribution in [2.75, 3.05) is 0 Å². The Bertz CT molecular complexity index is 906. The highest BCUT2D eigenvalue weighted by Crippen LogP contribution is 2.32. The van der Waals surface area contributed by atoms with Gasteiger partial charge in [-0.15, -0.1) is 11.3 Å². The minimum absolute atomic E-state index is 0.0455. The monoisotopic (exact) mass is 428 g/mol. The van der Waals surface area contributed by atoms with Gasteiger partial charge in [0.15, 0.2) is 5.78 Å². The Kier molecular flexibility index (Phi) is 5.94. The molecular formula is C21H17BrOS2. The first-order chi connectivity index (χ1) is 12.0. The normalized spacial score (nSPS) is 11.6. The quantitative estimate of drug-likeness (QED) is 0.244. The summed E-state index contributed by atoms with van der Waals surface area (Å²) in [5.74, 6) is 0.0455. The standard InChI is InChI=1S/C21H17BrOS2/c1-14-3-10-18(11-4-14)25-20(13-19-12-5-15(2)24-19)21(23)16-6-8-17(22)9-7-16/h3-13H,1-2H3/b20-13+. The molecule has 0 spiro atoms. The maximum atomic E-state index is 13.0. The van der Waals surface area contributed by atoms with Crippen LogP contribution in [0.1, 0.15) is 25.7 Å². The van der Waals surface area contributed by atoms with Crippen LogP contribution in [-0.4, -0.2) is 5.78 Å². The van der Waals surface area contributed by atoms with Crippen molar-refractivity contribution in [2.45, 2.75) is 18.7 Å². The number of thioether (sulfide) groups is 1. The first kappa shape index (κ1) is 18.2. The molecule has 126 valence electrons. The molecule has 0 aliphatic carbocycles.